The summed E-state index contributed by atoms with van der Waals surface area (Å²) in [7, 11) is 0. The zero-order valence-corrected chi connectivity index (χ0v) is 11.6. The molecule has 0 amide bonds. The Morgan fingerprint density at radius 2 is 1.85 bits per heavy atom. The van der Waals surface area contributed by atoms with Crippen molar-refractivity contribution in [3.63, 3.8) is 0 Å². The lowest BCUT2D eigenvalue weighted by atomic mass is 10.1. The maximum atomic E-state index is 13.8. The summed E-state index contributed by atoms with van der Waals surface area (Å²) in [6.07, 6.45) is 3.24. The molecule has 4 nitrogen and oxygen atoms in total. The van der Waals surface area contributed by atoms with Crippen molar-refractivity contribution in [3.8, 4) is 11.1 Å². The standard InChI is InChI=1S/C14H14ClFN4/c15-11-2-1-3-12(16)13(11)10-8-18-14(19-9-10)20-6-4-17-5-7-20/h1-3,8-9,17H,4-7H2. The Kier molecular flexibility index (Phi) is 3.80. The van der Waals surface area contributed by atoms with Gasteiger partial charge in [0.15, 0.2) is 0 Å². The molecule has 0 radical (unpaired) electrons. The molecule has 1 N–H and O–H groups in total. The molecule has 0 atom stereocenters. The van der Waals surface area contributed by atoms with Gasteiger partial charge in [-0.1, -0.05) is 17.7 Å². The molecule has 1 fully saturated rings. The van der Waals surface area contributed by atoms with Crippen LogP contribution in [0.25, 0.3) is 11.1 Å². The Bertz CT molecular complexity index is 576. The summed E-state index contributed by atoms with van der Waals surface area (Å²) in [5.74, 6) is 0.304. The molecule has 0 spiro atoms. The predicted octanol–water partition coefficient (Wildman–Crippen LogP) is 2.35. The van der Waals surface area contributed by atoms with Gasteiger partial charge in [0, 0.05) is 49.7 Å². The van der Waals surface area contributed by atoms with Crippen LogP contribution in [0.15, 0.2) is 30.6 Å². The average Bonchev–Trinajstić information content (AvgIpc) is 2.49. The number of nitrogens with zero attached hydrogens (tertiary/aromatic N) is 3. The van der Waals surface area contributed by atoms with E-state index in [2.05, 4.69) is 20.2 Å². The number of nitrogens with one attached hydrogen (secondary N) is 1. The fourth-order valence-corrected chi connectivity index (χ4v) is 2.52. The summed E-state index contributed by atoms with van der Waals surface area (Å²) in [6, 6.07) is 4.62. The van der Waals surface area contributed by atoms with Gasteiger partial charge in [-0.2, -0.15) is 0 Å². The molecule has 1 aliphatic heterocycles. The van der Waals surface area contributed by atoms with E-state index >= 15 is 0 Å². The predicted molar refractivity (Wildman–Crippen MR) is 77.5 cm³/mol. The van der Waals surface area contributed by atoms with Gasteiger partial charge in [-0.25, -0.2) is 14.4 Å². The first kappa shape index (κ1) is 13.3. The van der Waals surface area contributed by atoms with Crippen molar-refractivity contribution < 1.29 is 4.39 Å². The zero-order chi connectivity index (χ0) is 13.9. The van der Waals surface area contributed by atoms with Crippen molar-refractivity contribution in [1.82, 2.24) is 15.3 Å². The van der Waals surface area contributed by atoms with Crippen LogP contribution in [0.4, 0.5) is 10.3 Å². The average molecular weight is 293 g/mol. The van der Waals surface area contributed by atoms with Crippen LogP contribution in [0, 0.1) is 5.82 Å². The third kappa shape index (κ3) is 2.59. The van der Waals surface area contributed by atoms with E-state index in [0.717, 1.165) is 26.2 Å². The number of piperazine rings is 1. The molecule has 2 aromatic rings. The van der Waals surface area contributed by atoms with Gasteiger partial charge in [0.25, 0.3) is 0 Å². The van der Waals surface area contributed by atoms with E-state index in [1.54, 1.807) is 24.5 Å². The van der Waals surface area contributed by atoms with E-state index < -0.39 is 0 Å². The van der Waals surface area contributed by atoms with Crippen LogP contribution < -0.4 is 10.2 Å². The molecule has 3 rings (SSSR count). The van der Waals surface area contributed by atoms with Gasteiger partial charge >= 0.3 is 0 Å². The molecule has 0 aliphatic carbocycles. The third-order valence-corrected chi connectivity index (χ3v) is 3.60. The number of anilines is 1. The normalized spacial score (nSPS) is 15.4. The molecule has 0 bridgehead atoms. The van der Waals surface area contributed by atoms with Crippen LogP contribution in [0.5, 0.6) is 0 Å². The highest BCUT2D eigenvalue weighted by Gasteiger charge is 2.14. The number of halogens is 2. The minimum atomic E-state index is -0.365. The zero-order valence-electron chi connectivity index (χ0n) is 10.8. The van der Waals surface area contributed by atoms with Gasteiger partial charge in [-0.05, 0) is 12.1 Å². The highest BCUT2D eigenvalue weighted by Crippen LogP contribution is 2.29. The third-order valence-electron chi connectivity index (χ3n) is 3.29. The molecule has 6 heteroatoms. The van der Waals surface area contributed by atoms with Gasteiger partial charge in [-0.3, -0.25) is 0 Å². The Hall–Kier alpha value is -1.72. The Balaban J connectivity index is 1.89. The van der Waals surface area contributed by atoms with Crippen molar-refractivity contribution in [2.24, 2.45) is 0 Å². The van der Waals surface area contributed by atoms with E-state index in [1.807, 2.05) is 0 Å². The maximum Gasteiger partial charge on any atom is 0.225 e. The molecule has 20 heavy (non-hydrogen) atoms. The molecule has 0 unspecified atom stereocenters. The Labute approximate surface area is 121 Å². The van der Waals surface area contributed by atoms with Crippen LogP contribution in [0.2, 0.25) is 5.02 Å². The van der Waals surface area contributed by atoms with Gasteiger partial charge in [0.2, 0.25) is 5.95 Å². The van der Waals surface area contributed by atoms with Crippen LogP contribution in [-0.2, 0) is 0 Å². The number of benzene rings is 1. The van der Waals surface area contributed by atoms with Gasteiger partial charge in [0.1, 0.15) is 5.82 Å². The Morgan fingerprint density at radius 1 is 1.15 bits per heavy atom. The monoisotopic (exact) mass is 292 g/mol. The number of aromatic nitrogens is 2. The molecular weight excluding hydrogens is 279 g/mol. The second kappa shape index (κ2) is 5.73. The fourth-order valence-electron chi connectivity index (χ4n) is 2.25. The van der Waals surface area contributed by atoms with E-state index in [4.69, 9.17) is 11.6 Å². The number of hydrogen-bond donors (Lipinski definition) is 1. The summed E-state index contributed by atoms with van der Waals surface area (Å²) in [5, 5.41) is 3.64. The van der Waals surface area contributed by atoms with Crippen molar-refractivity contribution >= 4 is 17.5 Å². The van der Waals surface area contributed by atoms with Crippen LogP contribution in [0.3, 0.4) is 0 Å². The van der Waals surface area contributed by atoms with Crippen molar-refractivity contribution in [2.45, 2.75) is 0 Å². The lowest BCUT2D eigenvalue weighted by Crippen LogP contribution is -2.44. The van der Waals surface area contributed by atoms with Crippen LogP contribution >= 0.6 is 11.6 Å². The van der Waals surface area contributed by atoms with Gasteiger partial charge in [0.05, 0.1) is 5.02 Å². The molecule has 1 saturated heterocycles. The van der Waals surface area contributed by atoms with E-state index in [0.29, 0.717) is 22.1 Å². The lowest BCUT2D eigenvalue weighted by Gasteiger charge is -2.27. The quantitative estimate of drug-likeness (QED) is 0.922. The smallest absolute Gasteiger partial charge is 0.225 e. The second-order valence-corrected chi connectivity index (χ2v) is 5.01. The first-order chi connectivity index (χ1) is 9.75. The van der Waals surface area contributed by atoms with Crippen molar-refractivity contribution in [1.29, 1.82) is 0 Å². The summed E-state index contributed by atoms with van der Waals surface area (Å²) in [5.41, 5.74) is 0.938. The van der Waals surface area contributed by atoms with Gasteiger partial charge in [-0.15, -0.1) is 0 Å². The van der Waals surface area contributed by atoms with E-state index in [1.165, 1.54) is 6.07 Å². The second-order valence-electron chi connectivity index (χ2n) is 4.61. The van der Waals surface area contributed by atoms with Crippen molar-refractivity contribution in [3.05, 3.63) is 41.4 Å². The number of hydrogen-bond acceptors (Lipinski definition) is 4. The molecular formula is C14H14ClFN4. The topological polar surface area (TPSA) is 41.1 Å². The van der Waals surface area contributed by atoms with E-state index in [9.17, 15) is 4.39 Å². The highest BCUT2D eigenvalue weighted by atomic mass is 35.5. The Morgan fingerprint density at radius 3 is 2.50 bits per heavy atom. The first-order valence-electron chi connectivity index (χ1n) is 6.48. The highest BCUT2D eigenvalue weighted by molar-refractivity contribution is 6.33. The molecule has 104 valence electrons. The molecule has 0 saturated carbocycles. The summed E-state index contributed by atoms with van der Waals surface area (Å²) in [6.45, 7) is 3.59. The first-order valence-corrected chi connectivity index (χ1v) is 6.85. The number of rotatable bonds is 2. The van der Waals surface area contributed by atoms with Crippen LogP contribution in [-0.4, -0.2) is 36.1 Å². The minimum Gasteiger partial charge on any atom is -0.338 e. The summed E-state index contributed by atoms with van der Waals surface area (Å²) in [4.78, 5) is 10.7. The summed E-state index contributed by atoms with van der Waals surface area (Å²) < 4.78 is 13.8. The van der Waals surface area contributed by atoms with E-state index in [-0.39, 0.29) is 5.82 Å². The summed E-state index contributed by atoms with van der Waals surface area (Å²) >= 11 is 6.04. The van der Waals surface area contributed by atoms with Gasteiger partial charge < -0.3 is 10.2 Å². The fraction of sp³-hybridized carbons (Fsp3) is 0.286. The largest absolute Gasteiger partial charge is 0.338 e. The molecule has 2 heterocycles. The molecule has 1 aromatic heterocycles. The van der Waals surface area contributed by atoms with Crippen molar-refractivity contribution in [2.75, 3.05) is 31.1 Å². The van der Waals surface area contributed by atoms with Crippen LogP contribution in [0.1, 0.15) is 0 Å². The lowest BCUT2D eigenvalue weighted by molar-refractivity contribution is 0.580. The molecule has 1 aromatic carbocycles. The SMILES string of the molecule is Fc1cccc(Cl)c1-c1cnc(N2CCNCC2)nc1. The maximum absolute atomic E-state index is 13.8. The molecule has 1 aliphatic rings. The minimum absolute atomic E-state index is 0.348.